The first-order chi connectivity index (χ1) is 5.73. The number of likely N-dealkylation sites (tertiary alicyclic amines) is 1. The van der Waals surface area contributed by atoms with Crippen molar-refractivity contribution in [2.75, 3.05) is 20.1 Å². The summed E-state index contributed by atoms with van der Waals surface area (Å²) in [5.41, 5.74) is 0.381. The highest BCUT2D eigenvalue weighted by Crippen LogP contribution is 2.53. The highest BCUT2D eigenvalue weighted by Gasteiger charge is 2.50. The fourth-order valence-electron chi connectivity index (χ4n) is 1.90. The van der Waals surface area contributed by atoms with Crippen molar-refractivity contribution in [2.45, 2.75) is 39.2 Å². The van der Waals surface area contributed by atoms with E-state index < -0.39 is 0 Å². The molecule has 1 aliphatic heterocycles. The van der Waals surface area contributed by atoms with E-state index in [2.05, 4.69) is 11.9 Å². The number of nitrogens with zero attached hydrogens (tertiary/aromatic N) is 1. The lowest BCUT2D eigenvalue weighted by atomic mass is 9.91. The molecule has 2 nitrogen and oxygen atoms in total. The fourth-order valence-corrected chi connectivity index (χ4v) is 1.90. The van der Waals surface area contributed by atoms with Gasteiger partial charge < -0.3 is 10.0 Å². The maximum atomic E-state index is 9.63. The molecular formula is C10H21NO. The van der Waals surface area contributed by atoms with Crippen molar-refractivity contribution < 1.29 is 5.11 Å². The first kappa shape index (κ1) is 10.0. The number of likely N-dealkylation sites (N-methyl/N-ethyl adjacent to an activating group) is 1. The molecule has 1 saturated heterocycles. The molecule has 2 rings (SSSR count). The largest absolute Gasteiger partial charge is 0.391 e. The van der Waals surface area contributed by atoms with E-state index in [0.717, 1.165) is 6.54 Å². The van der Waals surface area contributed by atoms with Crippen LogP contribution in [0.15, 0.2) is 0 Å². The van der Waals surface area contributed by atoms with Gasteiger partial charge in [-0.2, -0.15) is 0 Å². The second kappa shape index (κ2) is 3.75. The molecule has 0 aromatic carbocycles. The fraction of sp³-hybridized carbons (Fsp3) is 1.00. The standard InChI is InChI=1S/C8H15NO.C2H6/c1-9-5-4-8(2-3-8)7(10)6-9;1-2/h7,10H,2-6H2,1H3;1-2H3. The van der Waals surface area contributed by atoms with Crippen LogP contribution in [0.2, 0.25) is 0 Å². The van der Waals surface area contributed by atoms with E-state index >= 15 is 0 Å². The molecule has 1 N–H and O–H groups in total. The predicted octanol–water partition coefficient (Wildman–Crippen LogP) is 1.49. The molecule has 1 saturated carbocycles. The normalized spacial score (nSPS) is 32.5. The molecule has 1 aliphatic carbocycles. The molecular weight excluding hydrogens is 150 g/mol. The van der Waals surface area contributed by atoms with Gasteiger partial charge in [0.1, 0.15) is 0 Å². The monoisotopic (exact) mass is 171 g/mol. The van der Waals surface area contributed by atoms with Gasteiger partial charge in [-0.25, -0.2) is 0 Å². The highest BCUT2D eigenvalue weighted by molar-refractivity contribution is 5.02. The Morgan fingerprint density at radius 1 is 1.25 bits per heavy atom. The van der Waals surface area contributed by atoms with Crippen LogP contribution in [0.3, 0.4) is 0 Å². The minimum absolute atomic E-state index is 0.0359. The minimum atomic E-state index is -0.0359. The van der Waals surface area contributed by atoms with Crippen LogP contribution in [-0.4, -0.2) is 36.2 Å². The number of aliphatic hydroxyl groups excluding tert-OH is 1. The molecule has 0 aromatic heterocycles. The average Bonchev–Trinajstić information content (AvgIpc) is 2.84. The molecule has 12 heavy (non-hydrogen) atoms. The molecule has 1 spiro atoms. The third-order valence-corrected chi connectivity index (χ3v) is 3.08. The van der Waals surface area contributed by atoms with Crippen LogP contribution in [-0.2, 0) is 0 Å². The van der Waals surface area contributed by atoms with Gasteiger partial charge in [0, 0.05) is 6.54 Å². The van der Waals surface area contributed by atoms with Crippen LogP contribution in [0.4, 0.5) is 0 Å². The van der Waals surface area contributed by atoms with Gasteiger partial charge in [0.05, 0.1) is 6.10 Å². The highest BCUT2D eigenvalue weighted by atomic mass is 16.3. The van der Waals surface area contributed by atoms with Gasteiger partial charge in [-0.3, -0.25) is 0 Å². The predicted molar refractivity (Wildman–Crippen MR) is 51.1 cm³/mol. The molecule has 2 heteroatoms. The van der Waals surface area contributed by atoms with Crippen LogP contribution in [0.25, 0.3) is 0 Å². The van der Waals surface area contributed by atoms with E-state index in [-0.39, 0.29) is 6.10 Å². The summed E-state index contributed by atoms with van der Waals surface area (Å²) < 4.78 is 0. The summed E-state index contributed by atoms with van der Waals surface area (Å²) in [6, 6.07) is 0. The van der Waals surface area contributed by atoms with Gasteiger partial charge >= 0.3 is 0 Å². The summed E-state index contributed by atoms with van der Waals surface area (Å²) >= 11 is 0. The third kappa shape index (κ3) is 1.80. The van der Waals surface area contributed by atoms with Crippen molar-refractivity contribution in [1.29, 1.82) is 0 Å². The van der Waals surface area contributed by atoms with E-state index in [1.165, 1.54) is 25.8 Å². The number of rotatable bonds is 0. The van der Waals surface area contributed by atoms with Crippen LogP contribution in [0, 0.1) is 5.41 Å². The van der Waals surface area contributed by atoms with Crippen molar-refractivity contribution in [2.24, 2.45) is 5.41 Å². The molecule has 1 heterocycles. The summed E-state index contributed by atoms with van der Waals surface area (Å²) in [5.74, 6) is 0. The summed E-state index contributed by atoms with van der Waals surface area (Å²) in [5, 5.41) is 9.63. The second-order valence-electron chi connectivity index (χ2n) is 3.89. The van der Waals surface area contributed by atoms with Gasteiger partial charge in [-0.05, 0) is 38.3 Å². The first-order valence-electron chi connectivity index (χ1n) is 5.10. The Hall–Kier alpha value is -0.0800. The Labute approximate surface area is 75.6 Å². The van der Waals surface area contributed by atoms with Gasteiger partial charge in [0.15, 0.2) is 0 Å². The van der Waals surface area contributed by atoms with E-state index in [4.69, 9.17) is 0 Å². The Kier molecular flexibility index (Phi) is 3.13. The maximum absolute atomic E-state index is 9.63. The van der Waals surface area contributed by atoms with Crippen molar-refractivity contribution >= 4 is 0 Å². The molecule has 0 amide bonds. The lowest BCUT2D eigenvalue weighted by Gasteiger charge is -2.33. The number of β-amino-alcohol motifs (C(OH)–C–C–N with tert-alkyl or cyclic N) is 1. The van der Waals surface area contributed by atoms with Crippen LogP contribution < -0.4 is 0 Å². The average molecular weight is 171 g/mol. The molecule has 1 atom stereocenters. The zero-order valence-corrected chi connectivity index (χ0v) is 8.51. The van der Waals surface area contributed by atoms with Crippen LogP contribution in [0.5, 0.6) is 0 Å². The zero-order chi connectivity index (χ0) is 9.19. The van der Waals surface area contributed by atoms with Crippen LogP contribution >= 0.6 is 0 Å². The van der Waals surface area contributed by atoms with Gasteiger partial charge in [0.2, 0.25) is 0 Å². The smallest absolute Gasteiger partial charge is 0.0723 e. The van der Waals surface area contributed by atoms with Crippen LogP contribution in [0.1, 0.15) is 33.1 Å². The molecule has 1 unspecified atom stereocenters. The Morgan fingerprint density at radius 2 is 1.83 bits per heavy atom. The summed E-state index contributed by atoms with van der Waals surface area (Å²) in [6.45, 7) is 6.07. The van der Waals surface area contributed by atoms with Gasteiger partial charge in [-0.15, -0.1) is 0 Å². The molecule has 2 fully saturated rings. The van der Waals surface area contributed by atoms with E-state index in [1.54, 1.807) is 0 Å². The summed E-state index contributed by atoms with van der Waals surface area (Å²) in [6.07, 6.45) is 3.71. The lowest BCUT2D eigenvalue weighted by Crippen LogP contribution is -2.42. The van der Waals surface area contributed by atoms with Gasteiger partial charge in [-0.1, -0.05) is 13.8 Å². The van der Waals surface area contributed by atoms with E-state index in [0.29, 0.717) is 5.41 Å². The van der Waals surface area contributed by atoms with Crippen molar-refractivity contribution in [3.63, 3.8) is 0 Å². The molecule has 0 bridgehead atoms. The summed E-state index contributed by atoms with van der Waals surface area (Å²) in [4.78, 5) is 2.22. The van der Waals surface area contributed by atoms with Crippen molar-refractivity contribution in [3.8, 4) is 0 Å². The van der Waals surface area contributed by atoms with Crippen molar-refractivity contribution in [1.82, 2.24) is 4.90 Å². The lowest BCUT2D eigenvalue weighted by molar-refractivity contribution is 0.0186. The van der Waals surface area contributed by atoms with E-state index in [9.17, 15) is 5.11 Å². The van der Waals surface area contributed by atoms with E-state index in [1.807, 2.05) is 13.8 Å². The van der Waals surface area contributed by atoms with Crippen molar-refractivity contribution in [3.05, 3.63) is 0 Å². The molecule has 72 valence electrons. The number of hydrogen-bond acceptors (Lipinski definition) is 2. The molecule has 0 aromatic rings. The summed E-state index contributed by atoms with van der Waals surface area (Å²) in [7, 11) is 2.08. The third-order valence-electron chi connectivity index (χ3n) is 3.08. The second-order valence-corrected chi connectivity index (χ2v) is 3.89. The zero-order valence-electron chi connectivity index (χ0n) is 8.51. The van der Waals surface area contributed by atoms with Gasteiger partial charge in [0.25, 0.3) is 0 Å². The SMILES string of the molecule is CC.CN1CCC2(CC2)C(O)C1. The number of piperidine rings is 1. The maximum Gasteiger partial charge on any atom is 0.0723 e. The Bertz CT molecular complexity index is 143. The number of hydrogen-bond donors (Lipinski definition) is 1. The molecule has 0 radical (unpaired) electrons. The minimum Gasteiger partial charge on any atom is -0.391 e. The number of aliphatic hydroxyl groups is 1. The Morgan fingerprint density at radius 3 is 2.25 bits per heavy atom. The topological polar surface area (TPSA) is 23.5 Å². The molecule has 2 aliphatic rings. The first-order valence-corrected chi connectivity index (χ1v) is 5.10. The quantitative estimate of drug-likeness (QED) is 0.597. The Balaban J connectivity index is 0.000000336.